The van der Waals surface area contributed by atoms with E-state index in [1.165, 1.54) is 5.56 Å². The minimum absolute atomic E-state index is 0.726. The van der Waals surface area contributed by atoms with Crippen molar-refractivity contribution in [2.75, 3.05) is 0 Å². The molecule has 96 valence electrons. The summed E-state index contributed by atoms with van der Waals surface area (Å²) in [6.45, 7) is 5.12. The fourth-order valence-corrected chi connectivity index (χ4v) is 2.59. The predicted octanol–water partition coefficient (Wildman–Crippen LogP) is 4.69. The fourth-order valence-electron chi connectivity index (χ4n) is 2.43. The summed E-state index contributed by atoms with van der Waals surface area (Å²) in [6, 6.07) is 14.3. The van der Waals surface area contributed by atoms with Gasteiger partial charge < -0.3 is 4.57 Å². The van der Waals surface area contributed by atoms with Gasteiger partial charge in [-0.05, 0) is 38.1 Å². The van der Waals surface area contributed by atoms with Crippen LogP contribution in [-0.2, 0) is 6.54 Å². The Kier molecular flexibility index (Phi) is 3.03. The average molecular weight is 271 g/mol. The highest BCUT2D eigenvalue weighted by Crippen LogP contribution is 2.27. The standard InChI is InChI=1S/C16H15ClN2/c1-3-19-15-8-7-13(17)10-14(15)18-16(19)12-6-4-5-11(2)9-12/h4-10H,3H2,1-2H3. The summed E-state index contributed by atoms with van der Waals surface area (Å²) in [6.07, 6.45) is 0. The first-order valence-electron chi connectivity index (χ1n) is 6.42. The van der Waals surface area contributed by atoms with Gasteiger partial charge in [-0.3, -0.25) is 0 Å². The van der Waals surface area contributed by atoms with Crippen LogP contribution in [-0.4, -0.2) is 9.55 Å². The van der Waals surface area contributed by atoms with Crippen LogP contribution in [0.1, 0.15) is 12.5 Å². The van der Waals surface area contributed by atoms with Gasteiger partial charge in [0.15, 0.2) is 0 Å². The van der Waals surface area contributed by atoms with E-state index in [0.717, 1.165) is 34.0 Å². The van der Waals surface area contributed by atoms with E-state index in [0.29, 0.717) is 0 Å². The van der Waals surface area contributed by atoms with Gasteiger partial charge in [0.05, 0.1) is 11.0 Å². The molecule has 1 aromatic heterocycles. The fraction of sp³-hybridized carbons (Fsp3) is 0.188. The van der Waals surface area contributed by atoms with Crippen LogP contribution in [0.4, 0.5) is 0 Å². The zero-order valence-electron chi connectivity index (χ0n) is 11.0. The van der Waals surface area contributed by atoms with E-state index in [-0.39, 0.29) is 0 Å². The first kappa shape index (κ1) is 12.2. The van der Waals surface area contributed by atoms with Crippen molar-refractivity contribution < 1.29 is 0 Å². The van der Waals surface area contributed by atoms with Crippen LogP contribution >= 0.6 is 11.6 Å². The highest BCUT2D eigenvalue weighted by molar-refractivity contribution is 6.31. The molecule has 2 aromatic carbocycles. The Bertz CT molecular complexity index is 744. The van der Waals surface area contributed by atoms with Crippen LogP contribution in [0.3, 0.4) is 0 Å². The summed E-state index contributed by atoms with van der Waals surface area (Å²) in [5.41, 5.74) is 4.47. The topological polar surface area (TPSA) is 17.8 Å². The van der Waals surface area contributed by atoms with Crippen LogP contribution in [0.25, 0.3) is 22.4 Å². The average Bonchev–Trinajstić information content (AvgIpc) is 2.76. The summed E-state index contributed by atoms with van der Waals surface area (Å²) in [5.74, 6) is 1.00. The summed E-state index contributed by atoms with van der Waals surface area (Å²) in [7, 11) is 0. The minimum atomic E-state index is 0.726. The van der Waals surface area contributed by atoms with Crippen molar-refractivity contribution in [2.24, 2.45) is 0 Å². The first-order chi connectivity index (χ1) is 9.19. The Hall–Kier alpha value is -1.80. The van der Waals surface area contributed by atoms with Crippen molar-refractivity contribution in [1.29, 1.82) is 0 Å². The minimum Gasteiger partial charge on any atom is -0.324 e. The molecule has 19 heavy (non-hydrogen) atoms. The maximum atomic E-state index is 6.05. The second kappa shape index (κ2) is 4.71. The molecule has 0 saturated carbocycles. The molecule has 0 aliphatic heterocycles. The lowest BCUT2D eigenvalue weighted by Crippen LogP contribution is -1.97. The van der Waals surface area contributed by atoms with Gasteiger partial charge >= 0.3 is 0 Å². The quantitative estimate of drug-likeness (QED) is 0.661. The monoisotopic (exact) mass is 270 g/mol. The second-order valence-corrected chi connectivity index (χ2v) is 5.12. The van der Waals surface area contributed by atoms with Crippen molar-refractivity contribution in [3.8, 4) is 11.4 Å². The van der Waals surface area contributed by atoms with Gasteiger partial charge in [-0.1, -0.05) is 35.4 Å². The van der Waals surface area contributed by atoms with Crippen LogP contribution in [0.5, 0.6) is 0 Å². The maximum Gasteiger partial charge on any atom is 0.141 e. The second-order valence-electron chi connectivity index (χ2n) is 4.68. The predicted molar refractivity (Wildman–Crippen MR) is 80.6 cm³/mol. The molecule has 3 aromatic rings. The van der Waals surface area contributed by atoms with Crippen LogP contribution in [0.2, 0.25) is 5.02 Å². The lowest BCUT2D eigenvalue weighted by atomic mass is 10.1. The summed E-state index contributed by atoms with van der Waals surface area (Å²) < 4.78 is 2.22. The molecule has 0 spiro atoms. The highest BCUT2D eigenvalue weighted by atomic mass is 35.5. The van der Waals surface area contributed by atoms with Gasteiger partial charge in [-0.25, -0.2) is 4.98 Å². The molecule has 0 unspecified atom stereocenters. The van der Waals surface area contributed by atoms with E-state index in [9.17, 15) is 0 Å². The third-order valence-corrected chi connectivity index (χ3v) is 3.54. The number of aryl methyl sites for hydroxylation is 2. The Labute approximate surface area is 117 Å². The lowest BCUT2D eigenvalue weighted by Gasteiger charge is -2.06. The highest BCUT2D eigenvalue weighted by Gasteiger charge is 2.11. The molecule has 0 fully saturated rings. The number of hydrogen-bond acceptors (Lipinski definition) is 1. The SMILES string of the molecule is CCn1c(-c2cccc(C)c2)nc2cc(Cl)ccc21. The number of rotatable bonds is 2. The van der Waals surface area contributed by atoms with E-state index >= 15 is 0 Å². The van der Waals surface area contributed by atoms with E-state index < -0.39 is 0 Å². The number of nitrogens with zero attached hydrogens (tertiary/aromatic N) is 2. The van der Waals surface area contributed by atoms with Gasteiger partial charge in [-0.2, -0.15) is 0 Å². The molecule has 0 radical (unpaired) electrons. The molecule has 0 saturated heterocycles. The van der Waals surface area contributed by atoms with Gasteiger partial charge in [0.1, 0.15) is 5.82 Å². The lowest BCUT2D eigenvalue weighted by molar-refractivity contribution is 0.796. The molecule has 0 amide bonds. The third-order valence-electron chi connectivity index (χ3n) is 3.30. The molecule has 3 rings (SSSR count). The zero-order valence-corrected chi connectivity index (χ0v) is 11.8. The van der Waals surface area contributed by atoms with Crippen molar-refractivity contribution in [2.45, 2.75) is 20.4 Å². The molecule has 0 atom stereocenters. The first-order valence-corrected chi connectivity index (χ1v) is 6.79. The van der Waals surface area contributed by atoms with E-state index in [2.05, 4.69) is 42.7 Å². The van der Waals surface area contributed by atoms with E-state index in [1.807, 2.05) is 18.2 Å². The van der Waals surface area contributed by atoms with Gasteiger partial charge in [0.2, 0.25) is 0 Å². The molecule has 0 aliphatic rings. The number of aromatic nitrogens is 2. The van der Waals surface area contributed by atoms with Crippen molar-refractivity contribution in [3.63, 3.8) is 0 Å². The van der Waals surface area contributed by atoms with Crippen LogP contribution < -0.4 is 0 Å². The molecule has 0 N–H and O–H groups in total. The molecule has 2 nitrogen and oxygen atoms in total. The third kappa shape index (κ3) is 2.13. The van der Waals surface area contributed by atoms with Gasteiger partial charge in [-0.15, -0.1) is 0 Å². The van der Waals surface area contributed by atoms with Crippen molar-refractivity contribution >= 4 is 22.6 Å². The maximum absolute atomic E-state index is 6.05. The summed E-state index contributed by atoms with van der Waals surface area (Å²) in [4.78, 5) is 4.73. The summed E-state index contributed by atoms with van der Waals surface area (Å²) >= 11 is 6.05. The number of benzene rings is 2. The Morgan fingerprint density at radius 3 is 2.74 bits per heavy atom. The molecular weight excluding hydrogens is 256 g/mol. The van der Waals surface area contributed by atoms with Gasteiger partial charge in [0, 0.05) is 17.1 Å². The number of halogens is 1. The smallest absolute Gasteiger partial charge is 0.141 e. The normalized spacial score (nSPS) is 11.1. The molecular formula is C16H15ClN2. The van der Waals surface area contributed by atoms with Crippen molar-refractivity contribution in [1.82, 2.24) is 9.55 Å². The van der Waals surface area contributed by atoms with Crippen molar-refractivity contribution in [3.05, 3.63) is 53.1 Å². The van der Waals surface area contributed by atoms with Gasteiger partial charge in [0.25, 0.3) is 0 Å². The summed E-state index contributed by atoms with van der Waals surface area (Å²) in [5, 5.41) is 0.726. The number of fused-ring (bicyclic) bond motifs is 1. The number of hydrogen-bond donors (Lipinski definition) is 0. The largest absolute Gasteiger partial charge is 0.324 e. The molecule has 3 heteroatoms. The molecule has 1 heterocycles. The van der Waals surface area contributed by atoms with Crippen LogP contribution in [0.15, 0.2) is 42.5 Å². The number of imidazole rings is 1. The molecule has 0 aliphatic carbocycles. The Balaban J connectivity index is 2.28. The Morgan fingerprint density at radius 1 is 1.16 bits per heavy atom. The van der Waals surface area contributed by atoms with E-state index in [1.54, 1.807) is 0 Å². The zero-order chi connectivity index (χ0) is 13.4. The molecule has 0 bridgehead atoms. The Morgan fingerprint density at radius 2 is 2.00 bits per heavy atom. The van der Waals surface area contributed by atoms with Crippen LogP contribution in [0, 0.1) is 6.92 Å². The van der Waals surface area contributed by atoms with E-state index in [4.69, 9.17) is 16.6 Å².